The molecule has 1 aliphatic carbocycles. The molecule has 180 valence electrons. The van der Waals surface area contributed by atoms with Gasteiger partial charge in [0.15, 0.2) is 5.82 Å². The van der Waals surface area contributed by atoms with E-state index in [1.165, 1.54) is 34.1 Å². The third-order valence-electron chi connectivity index (χ3n) is 6.70. The van der Waals surface area contributed by atoms with Crippen LogP contribution in [-0.2, 0) is 37.1 Å². The number of hydrogen-bond donors (Lipinski definition) is 3. The van der Waals surface area contributed by atoms with Crippen LogP contribution in [-0.4, -0.2) is 26.7 Å². The highest BCUT2D eigenvalue weighted by Gasteiger charge is 2.13. The van der Waals surface area contributed by atoms with E-state index in [1.807, 2.05) is 24.3 Å². The first-order valence-corrected chi connectivity index (χ1v) is 12.0. The third-order valence-corrected chi connectivity index (χ3v) is 6.70. The molecule has 0 spiro atoms. The molecule has 5 rings (SSSR count). The Morgan fingerprint density at radius 3 is 2.80 bits per heavy atom. The molecule has 1 amide bonds. The Morgan fingerprint density at radius 2 is 1.91 bits per heavy atom. The summed E-state index contributed by atoms with van der Waals surface area (Å²) in [5, 5.41) is 7.07. The van der Waals surface area contributed by atoms with E-state index >= 15 is 0 Å². The lowest BCUT2D eigenvalue weighted by Gasteiger charge is -2.13. The summed E-state index contributed by atoms with van der Waals surface area (Å²) in [6.45, 7) is 2.69. The molecule has 8 heteroatoms. The van der Waals surface area contributed by atoms with Crippen molar-refractivity contribution in [3.63, 3.8) is 0 Å². The van der Waals surface area contributed by atoms with Crippen molar-refractivity contribution in [3.8, 4) is 0 Å². The molecule has 0 fully saturated rings. The molecular weight excluding hydrogens is 440 g/mol. The first-order valence-electron chi connectivity index (χ1n) is 12.0. The first-order chi connectivity index (χ1) is 17.0. The van der Waals surface area contributed by atoms with Gasteiger partial charge in [-0.1, -0.05) is 24.3 Å². The van der Waals surface area contributed by atoms with Crippen LogP contribution in [0.2, 0.25) is 0 Å². The molecule has 0 saturated carbocycles. The molecule has 4 aromatic rings. The number of nitrogens with one attached hydrogen (secondary N) is 2. The van der Waals surface area contributed by atoms with Crippen LogP contribution < -0.4 is 22.0 Å². The number of carbonyl (C=O) groups is 1. The highest BCUT2D eigenvalue weighted by molar-refractivity contribution is 5.81. The topological polar surface area (TPSA) is 107 Å². The van der Waals surface area contributed by atoms with Gasteiger partial charge in [-0.25, -0.2) is 4.98 Å². The highest BCUT2D eigenvalue weighted by atomic mass is 16.2. The van der Waals surface area contributed by atoms with E-state index in [0.29, 0.717) is 18.8 Å². The number of benzene rings is 2. The molecule has 2 aromatic carbocycles. The third kappa shape index (κ3) is 4.91. The minimum atomic E-state index is -0.292. The van der Waals surface area contributed by atoms with Crippen LogP contribution >= 0.6 is 0 Å². The summed E-state index contributed by atoms with van der Waals surface area (Å²) in [7, 11) is 0. The quantitative estimate of drug-likeness (QED) is 0.343. The maximum atomic E-state index is 13.0. The summed E-state index contributed by atoms with van der Waals surface area (Å²) >= 11 is 0. The van der Waals surface area contributed by atoms with E-state index in [0.717, 1.165) is 29.3 Å². The molecule has 0 unspecified atom stereocenters. The molecule has 0 atom stereocenters. The fourth-order valence-corrected chi connectivity index (χ4v) is 4.72. The molecule has 35 heavy (non-hydrogen) atoms. The normalized spacial score (nSPS) is 12.6. The number of aryl methyl sites for hydroxylation is 3. The number of aromatic nitrogens is 3. The van der Waals surface area contributed by atoms with Gasteiger partial charge in [0.1, 0.15) is 6.54 Å². The summed E-state index contributed by atoms with van der Waals surface area (Å²) in [6, 6.07) is 14.4. The molecule has 4 N–H and O–H groups in total. The number of rotatable bonds is 8. The summed E-state index contributed by atoms with van der Waals surface area (Å²) in [4.78, 5) is 29.9. The second kappa shape index (κ2) is 9.66. The Labute approximate surface area is 203 Å². The average Bonchev–Trinajstić information content (AvgIpc) is 3.48. The average molecular weight is 471 g/mol. The van der Waals surface area contributed by atoms with Crippen molar-refractivity contribution in [2.24, 2.45) is 0 Å². The number of anilines is 1. The van der Waals surface area contributed by atoms with Crippen LogP contribution in [0.25, 0.3) is 10.9 Å². The number of hydrogen-bond acceptors (Lipinski definition) is 5. The predicted octanol–water partition coefficient (Wildman–Crippen LogP) is 2.68. The summed E-state index contributed by atoms with van der Waals surface area (Å²) in [5.74, 6) is 5.89. The van der Waals surface area contributed by atoms with Gasteiger partial charge in [-0.3, -0.25) is 18.8 Å². The standard InChI is InChI=1S/C27H30N6O2/c1-18-15-31-26(29-11-9-19-5-7-21-3-2-4-22(21)13-19)27(35)32(18)17-25(34)30-16-20-6-8-24-23(14-20)10-12-33(24)28/h5-8,10,12-15H,2-4,9,11,16-17,28H2,1H3,(H,29,31)(H,30,34). The van der Waals surface area contributed by atoms with Crippen molar-refractivity contribution >= 4 is 22.6 Å². The monoisotopic (exact) mass is 470 g/mol. The fraction of sp³-hybridized carbons (Fsp3) is 0.296. The van der Waals surface area contributed by atoms with E-state index < -0.39 is 0 Å². The lowest BCUT2D eigenvalue weighted by Crippen LogP contribution is -2.34. The van der Waals surface area contributed by atoms with Crippen LogP contribution in [0.15, 0.2) is 59.7 Å². The van der Waals surface area contributed by atoms with Crippen molar-refractivity contribution in [3.05, 3.63) is 93.2 Å². The summed E-state index contributed by atoms with van der Waals surface area (Å²) in [5.41, 5.74) is 6.39. The Hall–Kier alpha value is -4.07. The fourth-order valence-electron chi connectivity index (χ4n) is 4.72. The Bertz CT molecular complexity index is 1450. The molecule has 0 saturated heterocycles. The maximum Gasteiger partial charge on any atom is 0.293 e. The van der Waals surface area contributed by atoms with Crippen molar-refractivity contribution in [1.82, 2.24) is 19.5 Å². The maximum absolute atomic E-state index is 13.0. The van der Waals surface area contributed by atoms with Crippen LogP contribution in [0.4, 0.5) is 5.82 Å². The lowest BCUT2D eigenvalue weighted by molar-refractivity contribution is -0.121. The van der Waals surface area contributed by atoms with Crippen molar-refractivity contribution in [2.75, 3.05) is 17.7 Å². The second-order valence-corrected chi connectivity index (χ2v) is 9.17. The van der Waals surface area contributed by atoms with Gasteiger partial charge in [0, 0.05) is 36.6 Å². The van der Waals surface area contributed by atoms with Gasteiger partial charge in [-0.15, -0.1) is 0 Å². The molecule has 1 aliphatic rings. The highest BCUT2D eigenvalue weighted by Crippen LogP contribution is 2.23. The number of amides is 1. The predicted molar refractivity (Wildman–Crippen MR) is 138 cm³/mol. The molecule has 2 heterocycles. The molecule has 0 radical (unpaired) electrons. The van der Waals surface area contributed by atoms with Gasteiger partial charge in [-0.05, 0) is 73.1 Å². The molecule has 0 bridgehead atoms. The zero-order valence-electron chi connectivity index (χ0n) is 19.9. The number of nitrogen functional groups attached to an aromatic ring is 1. The van der Waals surface area contributed by atoms with E-state index in [1.54, 1.807) is 24.0 Å². The zero-order valence-corrected chi connectivity index (χ0v) is 19.9. The summed E-state index contributed by atoms with van der Waals surface area (Å²) in [6.07, 6.45) is 7.78. The summed E-state index contributed by atoms with van der Waals surface area (Å²) < 4.78 is 3.02. The van der Waals surface area contributed by atoms with E-state index in [2.05, 4.69) is 33.8 Å². The van der Waals surface area contributed by atoms with Gasteiger partial charge in [0.05, 0.1) is 5.52 Å². The lowest BCUT2D eigenvalue weighted by atomic mass is 10.0. The van der Waals surface area contributed by atoms with Gasteiger partial charge in [0.25, 0.3) is 5.56 Å². The van der Waals surface area contributed by atoms with Gasteiger partial charge < -0.3 is 16.5 Å². The zero-order chi connectivity index (χ0) is 24.4. The van der Waals surface area contributed by atoms with E-state index in [4.69, 9.17) is 5.84 Å². The number of fused-ring (bicyclic) bond motifs is 2. The van der Waals surface area contributed by atoms with Gasteiger partial charge in [-0.2, -0.15) is 0 Å². The molecule has 2 aromatic heterocycles. The van der Waals surface area contributed by atoms with E-state index in [9.17, 15) is 9.59 Å². The van der Waals surface area contributed by atoms with Crippen molar-refractivity contribution in [1.29, 1.82) is 0 Å². The molecule has 0 aliphatic heterocycles. The smallest absolute Gasteiger partial charge is 0.293 e. The van der Waals surface area contributed by atoms with E-state index in [-0.39, 0.29) is 23.8 Å². The van der Waals surface area contributed by atoms with Crippen LogP contribution in [0.1, 0.15) is 34.4 Å². The first kappa shape index (κ1) is 22.7. The number of carbonyl (C=O) groups excluding carboxylic acids is 1. The second-order valence-electron chi connectivity index (χ2n) is 9.17. The largest absolute Gasteiger partial charge is 0.365 e. The molecule has 8 nitrogen and oxygen atoms in total. The minimum absolute atomic E-state index is 0.0614. The van der Waals surface area contributed by atoms with Crippen LogP contribution in [0.3, 0.4) is 0 Å². The number of nitrogens with two attached hydrogens (primary N) is 1. The van der Waals surface area contributed by atoms with Crippen molar-refractivity contribution in [2.45, 2.75) is 45.7 Å². The Morgan fingerprint density at radius 1 is 1.09 bits per heavy atom. The SMILES string of the molecule is Cc1cnc(NCCc2ccc3c(c2)CCC3)c(=O)n1CC(=O)NCc1ccc2c(ccn2N)c1. The van der Waals surface area contributed by atoms with Gasteiger partial charge in [0.2, 0.25) is 5.91 Å². The van der Waals surface area contributed by atoms with Crippen LogP contribution in [0, 0.1) is 6.92 Å². The van der Waals surface area contributed by atoms with Crippen LogP contribution in [0.5, 0.6) is 0 Å². The van der Waals surface area contributed by atoms with Gasteiger partial charge >= 0.3 is 0 Å². The van der Waals surface area contributed by atoms with Crippen molar-refractivity contribution < 1.29 is 4.79 Å². The molecular formula is C27H30N6O2. The Kier molecular flexibility index (Phi) is 6.27. The Balaban J connectivity index is 1.19. The minimum Gasteiger partial charge on any atom is -0.365 e. The number of nitrogens with zero attached hydrogens (tertiary/aromatic N) is 3.